The van der Waals surface area contributed by atoms with Gasteiger partial charge in [0, 0.05) is 35.9 Å². The van der Waals surface area contributed by atoms with Gasteiger partial charge >= 0.3 is 0 Å². The molecule has 1 aliphatic carbocycles. The fourth-order valence-electron chi connectivity index (χ4n) is 4.56. The Balaban J connectivity index is 1.37. The first-order chi connectivity index (χ1) is 17.3. The van der Waals surface area contributed by atoms with Gasteiger partial charge in [-0.2, -0.15) is 4.98 Å². The van der Waals surface area contributed by atoms with E-state index in [-0.39, 0.29) is 17.2 Å². The number of rotatable bonds is 8. The number of aromatic nitrogens is 3. The minimum Gasteiger partial charge on any atom is -0.324 e. The summed E-state index contributed by atoms with van der Waals surface area (Å²) in [6.07, 6.45) is 7.08. The van der Waals surface area contributed by atoms with Crippen LogP contribution in [0.1, 0.15) is 37.0 Å². The highest BCUT2D eigenvalue weighted by Crippen LogP contribution is 2.26. The molecule has 0 unspecified atom stereocenters. The SMILES string of the molecule is CC(C)NS(=O)(=O)CCc1ccc(Nc2ncc3c(=O)ccn(-c4ccc5c(c4)CCC5)c3n2)cc1. The molecule has 0 bridgehead atoms. The summed E-state index contributed by atoms with van der Waals surface area (Å²) in [5, 5.41) is 3.65. The van der Waals surface area contributed by atoms with Crippen LogP contribution in [0.25, 0.3) is 16.7 Å². The van der Waals surface area contributed by atoms with E-state index in [2.05, 4.69) is 38.2 Å². The molecule has 0 saturated carbocycles. The van der Waals surface area contributed by atoms with Crippen LogP contribution in [0.5, 0.6) is 0 Å². The lowest BCUT2D eigenvalue weighted by molar-refractivity contribution is 0.569. The van der Waals surface area contributed by atoms with E-state index in [0.29, 0.717) is 23.4 Å². The van der Waals surface area contributed by atoms with Gasteiger partial charge in [-0.15, -0.1) is 0 Å². The molecule has 5 rings (SSSR count). The second-order valence-corrected chi connectivity index (χ2v) is 11.3. The molecule has 0 fully saturated rings. The zero-order valence-corrected chi connectivity index (χ0v) is 21.2. The Morgan fingerprint density at radius 2 is 1.81 bits per heavy atom. The molecule has 0 spiro atoms. The maximum atomic E-state index is 12.5. The quantitative estimate of drug-likeness (QED) is 0.378. The third-order valence-electron chi connectivity index (χ3n) is 6.28. The van der Waals surface area contributed by atoms with Crippen molar-refractivity contribution in [1.82, 2.24) is 19.3 Å². The van der Waals surface area contributed by atoms with Crippen molar-refractivity contribution in [1.29, 1.82) is 0 Å². The van der Waals surface area contributed by atoms with E-state index in [1.165, 1.54) is 17.5 Å². The average Bonchev–Trinajstić information content (AvgIpc) is 3.31. The third-order valence-corrected chi connectivity index (χ3v) is 7.85. The number of fused-ring (bicyclic) bond motifs is 2. The first-order valence-corrected chi connectivity index (χ1v) is 13.8. The number of hydrogen-bond acceptors (Lipinski definition) is 6. The van der Waals surface area contributed by atoms with Gasteiger partial charge in [-0.3, -0.25) is 4.79 Å². The average molecular weight is 504 g/mol. The van der Waals surface area contributed by atoms with Crippen molar-refractivity contribution < 1.29 is 8.42 Å². The van der Waals surface area contributed by atoms with Gasteiger partial charge in [0.1, 0.15) is 0 Å². The zero-order chi connectivity index (χ0) is 25.3. The first kappa shape index (κ1) is 24.1. The number of nitrogens with zero attached hydrogens (tertiary/aromatic N) is 3. The van der Waals surface area contributed by atoms with Crippen LogP contribution in [0.3, 0.4) is 0 Å². The Morgan fingerprint density at radius 1 is 1.03 bits per heavy atom. The van der Waals surface area contributed by atoms with E-state index in [1.54, 1.807) is 32.3 Å². The molecule has 0 aliphatic heterocycles. The van der Waals surface area contributed by atoms with E-state index in [0.717, 1.165) is 29.8 Å². The van der Waals surface area contributed by atoms with Crippen LogP contribution in [0, 0.1) is 0 Å². The maximum absolute atomic E-state index is 12.5. The molecular weight excluding hydrogens is 474 g/mol. The molecular formula is C27H29N5O3S. The van der Waals surface area contributed by atoms with Gasteiger partial charge in [-0.1, -0.05) is 18.2 Å². The van der Waals surface area contributed by atoms with Crippen LogP contribution in [0.15, 0.2) is 65.7 Å². The smallest absolute Gasteiger partial charge is 0.229 e. The molecule has 8 nitrogen and oxygen atoms in total. The highest BCUT2D eigenvalue weighted by atomic mass is 32.2. The highest BCUT2D eigenvalue weighted by molar-refractivity contribution is 7.89. The minimum absolute atomic E-state index is 0.0337. The number of sulfonamides is 1. The predicted octanol–water partition coefficient (Wildman–Crippen LogP) is 3.88. The van der Waals surface area contributed by atoms with Gasteiger partial charge < -0.3 is 9.88 Å². The van der Waals surface area contributed by atoms with Crippen LogP contribution in [0.2, 0.25) is 0 Å². The summed E-state index contributed by atoms with van der Waals surface area (Å²) in [5.74, 6) is 0.408. The molecule has 2 aromatic heterocycles. The molecule has 4 aromatic rings. The molecule has 0 radical (unpaired) electrons. The van der Waals surface area contributed by atoms with Gasteiger partial charge in [-0.25, -0.2) is 18.1 Å². The molecule has 9 heteroatoms. The minimum atomic E-state index is -3.31. The lowest BCUT2D eigenvalue weighted by atomic mass is 10.1. The molecule has 36 heavy (non-hydrogen) atoms. The van der Waals surface area contributed by atoms with Crippen molar-refractivity contribution in [2.45, 2.75) is 45.6 Å². The van der Waals surface area contributed by atoms with Gasteiger partial charge in [0.25, 0.3) is 0 Å². The van der Waals surface area contributed by atoms with Crippen molar-refractivity contribution in [2.24, 2.45) is 0 Å². The molecule has 0 saturated heterocycles. The second-order valence-electron chi connectivity index (χ2n) is 9.45. The molecule has 2 N–H and O–H groups in total. The molecule has 1 aliphatic rings. The Morgan fingerprint density at radius 3 is 2.58 bits per heavy atom. The summed E-state index contributed by atoms with van der Waals surface area (Å²) in [7, 11) is -3.31. The number of pyridine rings is 1. The van der Waals surface area contributed by atoms with Gasteiger partial charge in [0.2, 0.25) is 16.0 Å². The van der Waals surface area contributed by atoms with Gasteiger partial charge in [-0.05, 0) is 80.5 Å². The summed E-state index contributed by atoms with van der Waals surface area (Å²) in [5.41, 5.74) is 5.80. The zero-order valence-electron chi connectivity index (χ0n) is 20.4. The fraction of sp³-hybridized carbons (Fsp3) is 0.296. The van der Waals surface area contributed by atoms with Crippen LogP contribution in [0.4, 0.5) is 11.6 Å². The summed E-state index contributed by atoms with van der Waals surface area (Å²) in [6, 6.07) is 15.3. The Labute approximate surface area is 210 Å². The van der Waals surface area contributed by atoms with Crippen molar-refractivity contribution in [2.75, 3.05) is 11.1 Å². The maximum Gasteiger partial charge on any atom is 0.229 e. The summed E-state index contributed by atoms with van der Waals surface area (Å²) in [6.45, 7) is 3.61. The monoisotopic (exact) mass is 503 g/mol. The Bertz CT molecular complexity index is 1580. The Hall–Kier alpha value is -3.56. The van der Waals surface area contributed by atoms with E-state index >= 15 is 0 Å². The normalized spacial score (nSPS) is 13.3. The predicted molar refractivity (Wildman–Crippen MR) is 143 cm³/mol. The molecule has 0 atom stereocenters. The van der Waals surface area contributed by atoms with Crippen molar-refractivity contribution in [3.63, 3.8) is 0 Å². The van der Waals surface area contributed by atoms with Crippen molar-refractivity contribution in [3.8, 4) is 5.69 Å². The Kier molecular flexibility index (Phi) is 6.59. The summed E-state index contributed by atoms with van der Waals surface area (Å²) >= 11 is 0. The van der Waals surface area contributed by atoms with Gasteiger partial charge in [0.05, 0.1) is 11.1 Å². The number of hydrogen-bond donors (Lipinski definition) is 2. The third kappa shape index (κ3) is 5.32. The lowest BCUT2D eigenvalue weighted by Crippen LogP contribution is -2.32. The lowest BCUT2D eigenvalue weighted by Gasteiger charge is -2.13. The summed E-state index contributed by atoms with van der Waals surface area (Å²) in [4.78, 5) is 21.5. The molecule has 0 amide bonds. The number of anilines is 2. The number of benzene rings is 2. The highest BCUT2D eigenvalue weighted by Gasteiger charge is 2.14. The van der Waals surface area contributed by atoms with Crippen LogP contribution >= 0.6 is 0 Å². The topological polar surface area (TPSA) is 106 Å². The van der Waals surface area contributed by atoms with E-state index in [4.69, 9.17) is 0 Å². The largest absolute Gasteiger partial charge is 0.324 e. The molecule has 186 valence electrons. The second kappa shape index (κ2) is 9.83. The fourth-order valence-corrected chi connectivity index (χ4v) is 5.90. The van der Waals surface area contributed by atoms with Crippen LogP contribution in [-0.4, -0.2) is 34.7 Å². The molecule has 2 aromatic carbocycles. The standard InChI is InChI=1S/C27H29N5O3S/c1-18(2)31-36(34,35)15-13-19-6-9-22(10-7-19)29-27-28-17-24-25(33)12-14-32(26(24)30-27)23-11-8-20-4-3-5-21(20)16-23/h6-12,14,16-18,31H,3-5,13,15H2,1-2H3,(H,28,29,30). The number of aryl methyl sites for hydroxylation is 3. The van der Waals surface area contributed by atoms with E-state index in [9.17, 15) is 13.2 Å². The van der Waals surface area contributed by atoms with Crippen LogP contribution < -0.4 is 15.5 Å². The molecule has 2 heterocycles. The van der Waals surface area contributed by atoms with E-state index < -0.39 is 10.0 Å². The van der Waals surface area contributed by atoms with Crippen LogP contribution in [-0.2, 0) is 29.3 Å². The number of nitrogens with one attached hydrogen (secondary N) is 2. The first-order valence-electron chi connectivity index (χ1n) is 12.1. The van der Waals surface area contributed by atoms with E-state index in [1.807, 2.05) is 28.8 Å². The van der Waals surface area contributed by atoms with Crippen molar-refractivity contribution >= 4 is 32.7 Å². The summed E-state index contributed by atoms with van der Waals surface area (Å²) < 4.78 is 28.7. The van der Waals surface area contributed by atoms with Gasteiger partial charge in [0.15, 0.2) is 11.1 Å². The van der Waals surface area contributed by atoms with Crippen molar-refractivity contribution in [3.05, 3.63) is 87.8 Å².